The second kappa shape index (κ2) is 9.34. The molecule has 3 heterocycles. The molecular weight excluding hydrogens is 462 g/mol. The van der Waals surface area contributed by atoms with Crippen LogP contribution in [0.25, 0.3) is 11.0 Å². The van der Waals surface area contributed by atoms with E-state index in [4.69, 9.17) is 4.74 Å². The van der Waals surface area contributed by atoms with Gasteiger partial charge in [0.05, 0.1) is 24.9 Å². The largest absolute Gasteiger partial charge is 0.378 e. The Kier molecular flexibility index (Phi) is 6.28. The number of hydrogen-bond donors (Lipinski definition) is 1. The minimum Gasteiger partial charge on any atom is -0.378 e. The Hall–Kier alpha value is -2.60. The number of benzene rings is 2. The number of nitrogens with zero attached hydrogens (tertiary/aromatic N) is 4. The monoisotopic (exact) mass is 487 g/mol. The van der Waals surface area contributed by atoms with Gasteiger partial charge >= 0.3 is 0 Å². The summed E-state index contributed by atoms with van der Waals surface area (Å²) in [4.78, 5) is 15.2. The molecule has 1 amide bonds. The summed E-state index contributed by atoms with van der Waals surface area (Å²) < 4.78 is 41.5. The van der Waals surface area contributed by atoms with Crippen LogP contribution < -0.4 is 10.2 Å². The first-order valence-electron chi connectivity index (χ1n) is 11.0. The Morgan fingerprint density at radius 2 is 1.73 bits per heavy atom. The van der Waals surface area contributed by atoms with E-state index in [1.54, 1.807) is 18.2 Å². The lowest BCUT2D eigenvalue weighted by Crippen LogP contribution is -2.41. The number of aromatic nitrogens is 2. The highest BCUT2D eigenvalue weighted by Crippen LogP contribution is 2.29. The zero-order chi connectivity index (χ0) is 22.8. The van der Waals surface area contributed by atoms with E-state index in [1.807, 2.05) is 24.3 Å². The van der Waals surface area contributed by atoms with Gasteiger partial charge in [-0.2, -0.15) is 13.1 Å². The van der Waals surface area contributed by atoms with Crippen molar-refractivity contribution in [1.82, 2.24) is 13.1 Å². The molecule has 1 N–H and O–H groups in total. The molecule has 0 aliphatic carbocycles. The van der Waals surface area contributed by atoms with Gasteiger partial charge in [-0.3, -0.25) is 4.79 Å². The minimum atomic E-state index is -3.69. The van der Waals surface area contributed by atoms with Crippen LogP contribution >= 0.6 is 11.7 Å². The van der Waals surface area contributed by atoms with Crippen molar-refractivity contribution in [2.24, 2.45) is 5.92 Å². The van der Waals surface area contributed by atoms with Crippen molar-refractivity contribution in [2.45, 2.75) is 17.7 Å². The molecule has 11 heteroatoms. The minimum absolute atomic E-state index is 0.0722. The third-order valence-corrected chi connectivity index (χ3v) is 8.68. The Labute approximate surface area is 196 Å². The number of hydrogen-bond acceptors (Lipinski definition) is 8. The van der Waals surface area contributed by atoms with Gasteiger partial charge in [-0.25, -0.2) is 8.42 Å². The molecule has 2 aliphatic heterocycles. The average molecular weight is 488 g/mol. The quantitative estimate of drug-likeness (QED) is 0.590. The molecule has 0 spiro atoms. The maximum Gasteiger partial charge on any atom is 0.245 e. The number of nitrogens with one attached hydrogen (secondary N) is 1. The Morgan fingerprint density at radius 1 is 1.00 bits per heavy atom. The molecule has 5 rings (SSSR count). The lowest BCUT2D eigenvalue weighted by Gasteiger charge is -2.30. The first-order valence-corrected chi connectivity index (χ1v) is 13.1. The lowest BCUT2D eigenvalue weighted by atomic mass is 9.97. The number of anilines is 2. The molecule has 2 aromatic carbocycles. The summed E-state index contributed by atoms with van der Waals surface area (Å²) in [6.45, 7) is 3.77. The fourth-order valence-corrected chi connectivity index (χ4v) is 6.53. The first kappa shape index (κ1) is 22.2. The molecule has 2 fully saturated rings. The predicted octanol–water partition coefficient (Wildman–Crippen LogP) is 2.57. The van der Waals surface area contributed by atoms with Crippen molar-refractivity contribution in [1.29, 1.82) is 0 Å². The molecule has 0 radical (unpaired) electrons. The molecule has 174 valence electrons. The highest BCUT2D eigenvalue weighted by molar-refractivity contribution is 7.89. The fourth-order valence-electron chi connectivity index (χ4n) is 4.31. The molecule has 1 aromatic heterocycles. The van der Waals surface area contributed by atoms with Crippen LogP contribution in [-0.4, -0.2) is 66.8 Å². The summed E-state index contributed by atoms with van der Waals surface area (Å²) in [6.07, 6.45) is 0.949. The van der Waals surface area contributed by atoms with Gasteiger partial charge in [-0.1, -0.05) is 6.07 Å². The highest BCUT2D eigenvalue weighted by Gasteiger charge is 2.33. The fraction of sp³-hybridized carbons (Fsp3) is 0.409. The number of amides is 1. The number of carbonyl (C=O) groups is 1. The lowest BCUT2D eigenvalue weighted by molar-refractivity contribution is -0.120. The van der Waals surface area contributed by atoms with E-state index in [0.29, 0.717) is 37.0 Å². The van der Waals surface area contributed by atoms with Crippen molar-refractivity contribution in [3.63, 3.8) is 0 Å². The standard InChI is InChI=1S/C22H25N5O4S2/c28-22(23-17-4-6-18(7-5-17)26-12-14-31-15-13-26)16-8-10-27(11-9-16)33(29,30)20-3-1-2-19-21(20)25-32-24-19/h1-7,16H,8-15H2,(H,23,28). The zero-order valence-electron chi connectivity index (χ0n) is 18.0. The molecule has 0 saturated carbocycles. The maximum absolute atomic E-state index is 13.2. The van der Waals surface area contributed by atoms with E-state index in [2.05, 4.69) is 19.0 Å². The predicted molar refractivity (Wildman–Crippen MR) is 127 cm³/mol. The van der Waals surface area contributed by atoms with E-state index < -0.39 is 10.0 Å². The van der Waals surface area contributed by atoms with E-state index in [9.17, 15) is 13.2 Å². The molecule has 2 aliphatic rings. The Bertz CT molecular complexity index is 1230. The van der Waals surface area contributed by atoms with Crippen LogP contribution in [0, 0.1) is 5.92 Å². The summed E-state index contributed by atoms with van der Waals surface area (Å²) in [5.41, 5.74) is 2.84. The van der Waals surface area contributed by atoms with Crippen LogP contribution in [0.5, 0.6) is 0 Å². The number of fused-ring (bicyclic) bond motifs is 1. The van der Waals surface area contributed by atoms with E-state index in [0.717, 1.165) is 49.4 Å². The van der Waals surface area contributed by atoms with E-state index >= 15 is 0 Å². The number of ether oxygens (including phenoxy) is 1. The van der Waals surface area contributed by atoms with Gasteiger partial charge in [0, 0.05) is 43.5 Å². The average Bonchev–Trinajstić information content (AvgIpc) is 3.34. The molecule has 3 aromatic rings. The van der Waals surface area contributed by atoms with Gasteiger partial charge in [0.15, 0.2) is 0 Å². The molecule has 9 nitrogen and oxygen atoms in total. The van der Waals surface area contributed by atoms with Gasteiger partial charge in [-0.15, -0.1) is 0 Å². The SMILES string of the molecule is O=C(Nc1ccc(N2CCOCC2)cc1)C1CCN(S(=O)(=O)c2cccc3nsnc23)CC1. The second-order valence-electron chi connectivity index (χ2n) is 8.20. The zero-order valence-corrected chi connectivity index (χ0v) is 19.6. The molecule has 0 atom stereocenters. The number of sulfonamides is 1. The normalized spacial score (nSPS) is 18.5. The summed E-state index contributed by atoms with van der Waals surface area (Å²) >= 11 is 1.000. The smallest absolute Gasteiger partial charge is 0.245 e. The van der Waals surface area contributed by atoms with Crippen LogP contribution in [0.1, 0.15) is 12.8 Å². The number of morpholine rings is 1. The van der Waals surface area contributed by atoms with Crippen LogP contribution in [0.15, 0.2) is 47.4 Å². The van der Waals surface area contributed by atoms with Crippen molar-refractivity contribution in [3.8, 4) is 0 Å². The van der Waals surface area contributed by atoms with Crippen molar-refractivity contribution < 1.29 is 17.9 Å². The highest BCUT2D eigenvalue weighted by atomic mass is 32.2. The van der Waals surface area contributed by atoms with Crippen molar-refractivity contribution in [3.05, 3.63) is 42.5 Å². The summed E-state index contributed by atoms with van der Waals surface area (Å²) in [5.74, 6) is -0.302. The topological polar surface area (TPSA) is 105 Å². The van der Waals surface area contributed by atoms with Crippen LogP contribution in [-0.2, 0) is 19.6 Å². The molecular formula is C22H25N5O4S2. The van der Waals surface area contributed by atoms with E-state index in [-0.39, 0.29) is 16.7 Å². The maximum atomic E-state index is 13.2. The van der Waals surface area contributed by atoms with Gasteiger partial charge in [-0.05, 0) is 49.2 Å². The van der Waals surface area contributed by atoms with Crippen LogP contribution in [0.4, 0.5) is 11.4 Å². The van der Waals surface area contributed by atoms with Gasteiger partial charge in [0.25, 0.3) is 0 Å². The number of rotatable bonds is 5. The van der Waals surface area contributed by atoms with Crippen LogP contribution in [0.2, 0.25) is 0 Å². The van der Waals surface area contributed by atoms with Gasteiger partial charge in [0.1, 0.15) is 15.9 Å². The van der Waals surface area contributed by atoms with E-state index in [1.165, 1.54) is 4.31 Å². The number of piperidine rings is 1. The van der Waals surface area contributed by atoms with Crippen molar-refractivity contribution >= 4 is 50.1 Å². The van der Waals surface area contributed by atoms with Crippen LogP contribution in [0.3, 0.4) is 0 Å². The second-order valence-corrected chi connectivity index (χ2v) is 10.6. The third kappa shape index (κ3) is 4.58. The molecule has 0 unspecified atom stereocenters. The summed E-state index contributed by atoms with van der Waals surface area (Å²) in [7, 11) is -3.69. The third-order valence-electron chi connectivity index (χ3n) is 6.20. The molecule has 2 saturated heterocycles. The summed E-state index contributed by atoms with van der Waals surface area (Å²) in [6, 6.07) is 12.8. The molecule has 0 bridgehead atoms. The van der Waals surface area contributed by atoms with Crippen molar-refractivity contribution in [2.75, 3.05) is 49.6 Å². The first-order chi connectivity index (χ1) is 16.0. The summed E-state index contributed by atoms with van der Waals surface area (Å²) in [5, 5.41) is 2.98. The molecule has 33 heavy (non-hydrogen) atoms. The van der Waals surface area contributed by atoms with Gasteiger partial charge < -0.3 is 15.0 Å². The van der Waals surface area contributed by atoms with Gasteiger partial charge in [0.2, 0.25) is 15.9 Å². The Balaban J connectivity index is 1.19. The Morgan fingerprint density at radius 3 is 2.45 bits per heavy atom. The number of carbonyl (C=O) groups excluding carboxylic acids is 1.